The van der Waals surface area contributed by atoms with Crippen molar-refractivity contribution in [1.29, 1.82) is 0 Å². The molecular formula is C31H34N8O. The third-order valence-electron chi connectivity index (χ3n) is 8.46. The number of nitrogens with zero attached hydrogens (tertiary/aromatic N) is 5. The van der Waals surface area contributed by atoms with Crippen LogP contribution < -0.4 is 10.2 Å². The van der Waals surface area contributed by atoms with Crippen molar-refractivity contribution in [2.24, 2.45) is 5.92 Å². The van der Waals surface area contributed by atoms with Crippen molar-refractivity contribution in [1.82, 2.24) is 30.0 Å². The highest BCUT2D eigenvalue weighted by Gasteiger charge is 2.22. The molecule has 0 spiro atoms. The van der Waals surface area contributed by atoms with Gasteiger partial charge in [-0.1, -0.05) is 25.3 Å². The minimum atomic E-state index is 0.0912. The van der Waals surface area contributed by atoms with E-state index in [0.717, 1.165) is 90.9 Å². The Bertz CT molecular complexity index is 1670. The van der Waals surface area contributed by atoms with Crippen LogP contribution in [0.15, 0.2) is 55.0 Å². The van der Waals surface area contributed by atoms with E-state index in [0.29, 0.717) is 5.69 Å². The SMILES string of the molecule is CN1CCN(c2cccc3[nH]c(-c4n[nH]c5cnc(-c6cncc(NC(=O)C7CCCCC7)c6)cc45)cc23)CC1. The lowest BCUT2D eigenvalue weighted by Gasteiger charge is -2.34. The maximum atomic E-state index is 12.8. The zero-order chi connectivity index (χ0) is 27.1. The highest BCUT2D eigenvalue weighted by Crippen LogP contribution is 2.35. The van der Waals surface area contributed by atoms with Gasteiger partial charge in [0.25, 0.3) is 0 Å². The average molecular weight is 535 g/mol. The second-order valence-electron chi connectivity index (χ2n) is 11.2. The van der Waals surface area contributed by atoms with Gasteiger partial charge in [-0.25, -0.2) is 0 Å². The van der Waals surface area contributed by atoms with Crippen molar-refractivity contribution < 1.29 is 4.79 Å². The number of anilines is 2. The number of rotatable bonds is 5. The van der Waals surface area contributed by atoms with Gasteiger partial charge in [-0.2, -0.15) is 5.10 Å². The van der Waals surface area contributed by atoms with Crippen molar-refractivity contribution >= 4 is 39.1 Å². The number of hydrogen-bond acceptors (Lipinski definition) is 6. The molecule has 5 aromatic rings. The molecule has 4 aromatic heterocycles. The summed E-state index contributed by atoms with van der Waals surface area (Å²) in [5.74, 6) is 0.183. The third-order valence-corrected chi connectivity index (χ3v) is 8.46. The number of aromatic nitrogens is 5. The topological polar surface area (TPSA) is 106 Å². The van der Waals surface area contributed by atoms with Crippen LogP contribution in [-0.4, -0.2) is 69.2 Å². The van der Waals surface area contributed by atoms with Gasteiger partial charge in [-0.15, -0.1) is 0 Å². The van der Waals surface area contributed by atoms with Crippen LogP contribution in [0, 0.1) is 5.92 Å². The molecule has 0 unspecified atom stereocenters. The Morgan fingerprint density at radius 1 is 0.950 bits per heavy atom. The summed E-state index contributed by atoms with van der Waals surface area (Å²) >= 11 is 0. The van der Waals surface area contributed by atoms with E-state index in [1.807, 2.05) is 18.3 Å². The van der Waals surface area contributed by atoms with E-state index in [1.165, 1.54) is 17.5 Å². The summed E-state index contributed by atoms with van der Waals surface area (Å²) in [7, 11) is 2.18. The predicted molar refractivity (Wildman–Crippen MR) is 159 cm³/mol. The molecule has 40 heavy (non-hydrogen) atoms. The highest BCUT2D eigenvalue weighted by atomic mass is 16.1. The first kappa shape index (κ1) is 24.8. The normalized spacial score (nSPS) is 17.1. The number of hydrogen-bond donors (Lipinski definition) is 3. The molecule has 3 N–H and O–H groups in total. The zero-order valence-electron chi connectivity index (χ0n) is 22.8. The van der Waals surface area contributed by atoms with Gasteiger partial charge in [0.05, 0.1) is 35.0 Å². The lowest BCUT2D eigenvalue weighted by Crippen LogP contribution is -2.44. The molecule has 7 rings (SSSR count). The van der Waals surface area contributed by atoms with Crippen molar-refractivity contribution in [3.05, 3.63) is 55.0 Å². The number of benzene rings is 1. The Morgan fingerprint density at radius 3 is 2.65 bits per heavy atom. The van der Waals surface area contributed by atoms with Crippen LogP contribution in [0.4, 0.5) is 11.4 Å². The summed E-state index contributed by atoms with van der Waals surface area (Å²) in [6.45, 7) is 4.16. The van der Waals surface area contributed by atoms with Crippen molar-refractivity contribution in [2.75, 3.05) is 43.4 Å². The first-order valence-corrected chi connectivity index (χ1v) is 14.3. The van der Waals surface area contributed by atoms with Gasteiger partial charge >= 0.3 is 0 Å². The maximum Gasteiger partial charge on any atom is 0.227 e. The van der Waals surface area contributed by atoms with Crippen molar-refractivity contribution in [3.63, 3.8) is 0 Å². The summed E-state index contributed by atoms with van der Waals surface area (Å²) in [6.07, 6.45) is 10.7. The predicted octanol–water partition coefficient (Wildman–Crippen LogP) is 5.44. The Morgan fingerprint density at radius 2 is 1.80 bits per heavy atom. The number of piperazine rings is 1. The van der Waals surface area contributed by atoms with Crippen molar-refractivity contribution in [3.8, 4) is 22.6 Å². The maximum absolute atomic E-state index is 12.8. The van der Waals surface area contributed by atoms with Crippen LogP contribution in [0.5, 0.6) is 0 Å². The zero-order valence-corrected chi connectivity index (χ0v) is 22.8. The molecule has 9 heteroatoms. The van der Waals surface area contributed by atoms with E-state index in [-0.39, 0.29) is 11.8 Å². The minimum absolute atomic E-state index is 0.0912. The summed E-state index contributed by atoms with van der Waals surface area (Å²) in [4.78, 5) is 30.3. The second-order valence-corrected chi connectivity index (χ2v) is 11.2. The van der Waals surface area contributed by atoms with Crippen LogP contribution in [0.2, 0.25) is 0 Å². The first-order chi connectivity index (χ1) is 19.6. The van der Waals surface area contributed by atoms with Crippen LogP contribution >= 0.6 is 0 Å². The fourth-order valence-corrected chi connectivity index (χ4v) is 6.13. The smallest absolute Gasteiger partial charge is 0.227 e. The molecule has 204 valence electrons. The molecular weight excluding hydrogens is 500 g/mol. The largest absolute Gasteiger partial charge is 0.368 e. The molecule has 1 saturated carbocycles. The van der Waals surface area contributed by atoms with Crippen LogP contribution in [0.1, 0.15) is 32.1 Å². The summed E-state index contributed by atoms with van der Waals surface area (Å²) in [5, 5.41) is 13.1. The number of amides is 1. The molecule has 2 aliphatic rings. The van der Waals surface area contributed by atoms with Gasteiger partial charge in [0, 0.05) is 65.8 Å². The molecule has 5 heterocycles. The lowest BCUT2D eigenvalue weighted by atomic mass is 9.88. The molecule has 1 aromatic carbocycles. The van der Waals surface area contributed by atoms with Gasteiger partial charge in [-0.05, 0) is 50.2 Å². The molecule has 1 aliphatic carbocycles. The quantitative estimate of drug-likeness (QED) is 0.277. The van der Waals surface area contributed by atoms with E-state index in [2.05, 4.69) is 71.6 Å². The Balaban J connectivity index is 1.19. The van der Waals surface area contributed by atoms with Gasteiger partial charge in [0.1, 0.15) is 5.69 Å². The van der Waals surface area contributed by atoms with E-state index in [9.17, 15) is 4.79 Å². The Kier molecular flexibility index (Phi) is 6.43. The molecule has 1 saturated heterocycles. The average Bonchev–Trinajstić information content (AvgIpc) is 3.62. The minimum Gasteiger partial charge on any atom is -0.368 e. The Hall–Kier alpha value is -4.24. The number of aromatic amines is 2. The van der Waals surface area contributed by atoms with Crippen LogP contribution in [-0.2, 0) is 4.79 Å². The third kappa shape index (κ3) is 4.70. The number of carbonyl (C=O) groups excluding carboxylic acids is 1. The fourth-order valence-electron chi connectivity index (χ4n) is 6.13. The number of pyridine rings is 2. The number of nitrogens with one attached hydrogen (secondary N) is 3. The van der Waals surface area contributed by atoms with E-state index >= 15 is 0 Å². The molecule has 2 fully saturated rings. The molecule has 0 radical (unpaired) electrons. The molecule has 1 amide bonds. The number of fused-ring (bicyclic) bond motifs is 2. The van der Waals surface area contributed by atoms with Crippen LogP contribution in [0.25, 0.3) is 44.5 Å². The fraction of sp³-hybridized carbons (Fsp3) is 0.355. The summed E-state index contributed by atoms with van der Waals surface area (Å²) in [5.41, 5.74) is 7.38. The monoisotopic (exact) mass is 534 g/mol. The summed E-state index contributed by atoms with van der Waals surface area (Å²) < 4.78 is 0. The lowest BCUT2D eigenvalue weighted by molar-refractivity contribution is -0.120. The van der Waals surface area contributed by atoms with Gasteiger partial charge in [0.15, 0.2) is 0 Å². The summed E-state index contributed by atoms with van der Waals surface area (Å²) in [6, 6.07) is 12.7. The first-order valence-electron chi connectivity index (χ1n) is 14.3. The van der Waals surface area contributed by atoms with E-state index < -0.39 is 0 Å². The van der Waals surface area contributed by atoms with Gasteiger partial charge < -0.3 is 20.1 Å². The Labute approximate surface area is 233 Å². The highest BCUT2D eigenvalue weighted by molar-refractivity contribution is 6.00. The molecule has 0 bridgehead atoms. The van der Waals surface area contributed by atoms with Gasteiger partial charge in [-0.3, -0.25) is 19.9 Å². The number of likely N-dealkylation sites (N-methyl/N-ethyl adjacent to an activating group) is 1. The van der Waals surface area contributed by atoms with Crippen molar-refractivity contribution in [2.45, 2.75) is 32.1 Å². The van der Waals surface area contributed by atoms with Crippen LogP contribution in [0.3, 0.4) is 0 Å². The van der Waals surface area contributed by atoms with Gasteiger partial charge in [0.2, 0.25) is 5.91 Å². The number of carbonyl (C=O) groups is 1. The second kappa shape index (κ2) is 10.4. The molecule has 1 aliphatic heterocycles. The molecule has 9 nitrogen and oxygen atoms in total. The number of H-pyrrole nitrogens is 2. The standard InChI is InChI=1S/C31H34N8O/c1-38-10-12-39(13-11-38)29-9-5-8-25-23(29)15-27(35-25)30-24-16-26(33-19-28(24)36-37-30)21-14-22(18-32-17-21)34-31(40)20-6-3-2-4-7-20/h5,8-9,14-20,35H,2-4,6-7,10-13H2,1H3,(H,34,40)(H,36,37). The van der Waals surface area contributed by atoms with E-state index in [4.69, 9.17) is 0 Å². The molecule has 0 atom stereocenters. The van der Waals surface area contributed by atoms with E-state index in [1.54, 1.807) is 12.4 Å².